The monoisotopic (exact) mass is 276 g/mol. The van der Waals surface area contributed by atoms with Gasteiger partial charge in [-0.3, -0.25) is 4.57 Å². The number of nitrogens with zero attached hydrogens (tertiary/aromatic N) is 5. The molecule has 0 unspecified atom stereocenters. The SMILES string of the molecule is N#Cc1ccc(NCc2ccnc(-n3ccnc3)c2)nc1. The van der Waals surface area contributed by atoms with Gasteiger partial charge in [0.15, 0.2) is 0 Å². The zero-order valence-electron chi connectivity index (χ0n) is 11.1. The van der Waals surface area contributed by atoms with Crippen LogP contribution in [0.25, 0.3) is 5.82 Å². The molecule has 0 aromatic carbocycles. The maximum atomic E-state index is 8.73. The van der Waals surface area contributed by atoms with Crippen molar-refractivity contribution in [1.29, 1.82) is 5.26 Å². The van der Waals surface area contributed by atoms with Crippen molar-refractivity contribution in [3.05, 3.63) is 66.5 Å². The van der Waals surface area contributed by atoms with E-state index in [1.165, 1.54) is 0 Å². The molecule has 0 aliphatic rings. The average Bonchev–Trinajstić information content (AvgIpc) is 3.08. The lowest BCUT2D eigenvalue weighted by atomic mass is 10.2. The van der Waals surface area contributed by atoms with E-state index in [-0.39, 0.29) is 0 Å². The van der Waals surface area contributed by atoms with Crippen LogP contribution < -0.4 is 5.32 Å². The normalized spacial score (nSPS) is 10.0. The topological polar surface area (TPSA) is 79.4 Å². The number of rotatable bonds is 4. The summed E-state index contributed by atoms with van der Waals surface area (Å²) in [6.07, 6.45) is 8.58. The molecule has 0 radical (unpaired) electrons. The number of anilines is 1. The van der Waals surface area contributed by atoms with Crippen molar-refractivity contribution in [2.75, 3.05) is 5.32 Å². The molecular formula is C15H12N6. The highest BCUT2D eigenvalue weighted by Gasteiger charge is 2.00. The average molecular weight is 276 g/mol. The summed E-state index contributed by atoms with van der Waals surface area (Å²) in [5, 5.41) is 11.9. The third-order valence-corrected chi connectivity index (χ3v) is 2.95. The van der Waals surface area contributed by atoms with E-state index < -0.39 is 0 Å². The van der Waals surface area contributed by atoms with Crippen molar-refractivity contribution in [3.8, 4) is 11.9 Å². The van der Waals surface area contributed by atoms with Gasteiger partial charge >= 0.3 is 0 Å². The molecule has 0 aliphatic heterocycles. The molecule has 6 heteroatoms. The van der Waals surface area contributed by atoms with Gasteiger partial charge in [0, 0.05) is 31.3 Å². The highest BCUT2D eigenvalue weighted by molar-refractivity contribution is 5.40. The lowest BCUT2D eigenvalue weighted by Crippen LogP contribution is -2.03. The van der Waals surface area contributed by atoms with Gasteiger partial charge in [-0.15, -0.1) is 0 Å². The Morgan fingerprint density at radius 2 is 2.14 bits per heavy atom. The fourth-order valence-electron chi connectivity index (χ4n) is 1.86. The second-order valence-electron chi connectivity index (χ2n) is 4.39. The molecule has 0 atom stereocenters. The summed E-state index contributed by atoms with van der Waals surface area (Å²) >= 11 is 0. The van der Waals surface area contributed by atoms with Gasteiger partial charge in [-0.25, -0.2) is 15.0 Å². The van der Waals surface area contributed by atoms with Crippen LogP contribution in [0.4, 0.5) is 5.82 Å². The van der Waals surface area contributed by atoms with Gasteiger partial charge in [-0.05, 0) is 29.8 Å². The Morgan fingerprint density at radius 3 is 2.86 bits per heavy atom. The predicted octanol–water partition coefficient (Wildman–Crippen LogP) is 2.15. The van der Waals surface area contributed by atoms with Crippen LogP contribution in [-0.2, 0) is 6.54 Å². The lowest BCUT2D eigenvalue weighted by molar-refractivity contribution is 0.977. The molecule has 0 saturated carbocycles. The quantitative estimate of drug-likeness (QED) is 0.789. The molecule has 102 valence electrons. The Kier molecular flexibility index (Phi) is 3.56. The molecule has 0 fully saturated rings. The molecule has 0 saturated heterocycles. The molecule has 21 heavy (non-hydrogen) atoms. The summed E-state index contributed by atoms with van der Waals surface area (Å²) < 4.78 is 1.85. The summed E-state index contributed by atoms with van der Waals surface area (Å²) in [5.41, 5.74) is 1.63. The number of pyridine rings is 2. The first kappa shape index (κ1) is 12.8. The van der Waals surface area contributed by atoms with E-state index in [4.69, 9.17) is 5.26 Å². The molecule has 0 aliphatic carbocycles. The van der Waals surface area contributed by atoms with Crippen molar-refractivity contribution in [2.45, 2.75) is 6.54 Å². The third kappa shape index (κ3) is 3.04. The molecule has 0 amide bonds. The summed E-state index contributed by atoms with van der Waals surface area (Å²) in [7, 11) is 0. The zero-order chi connectivity index (χ0) is 14.5. The van der Waals surface area contributed by atoms with Crippen molar-refractivity contribution in [1.82, 2.24) is 19.5 Å². The summed E-state index contributed by atoms with van der Waals surface area (Å²) in [6, 6.07) is 9.49. The minimum Gasteiger partial charge on any atom is -0.366 e. The Morgan fingerprint density at radius 1 is 1.19 bits per heavy atom. The summed E-state index contributed by atoms with van der Waals surface area (Å²) in [4.78, 5) is 12.5. The maximum absolute atomic E-state index is 8.73. The lowest BCUT2D eigenvalue weighted by Gasteiger charge is -2.07. The Balaban J connectivity index is 1.70. The second kappa shape index (κ2) is 5.84. The molecule has 3 aromatic rings. The van der Waals surface area contributed by atoms with Crippen LogP contribution in [-0.4, -0.2) is 19.5 Å². The second-order valence-corrected chi connectivity index (χ2v) is 4.39. The van der Waals surface area contributed by atoms with E-state index in [2.05, 4.69) is 20.3 Å². The van der Waals surface area contributed by atoms with Crippen LogP contribution >= 0.6 is 0 Å². The predicted molar refractivity (Wildman–Crippen MR) is 77.6 cm³/mol. The minimum absolute atomic E-state index is 0.548. The highest BCUT2D eigenvalue weighted by atomic mass is 15.1. The van der Waals surface area contributed by atoms with Gasteiger partial charge < -0.3 is 5.32 Å². The summed E-state index contributed by atoms with van der Waals surface area (Å²) in [6.45, 7) is 0.628. The van der Waals surface area contributed by atoms with Crippen LogP contribution in [0.2, 0.25) is 0 Å². The molecule has 0 bridgehead atoms. The van der Waals surface area contributed by atoms with E-state index >= 15 is 0 Å². The van der Waals surface area contributed by atoms with Crippen LogP contribution in [0.5, 0.6) is 0 Å². The number of aromatic nitrogens is 4. The fourth-order valence-corrected chi connectivity index (χ4v) is 1.86. The number of hydrogen-bond donors (Lipinski definition) is 1. The fraction of sp³-hybridized carbons (Fsp3) is 0.0667. The first-order valence-corrected chi connectivity index (χ1v) is 6.38. The number of nitriles is 1. The number of imidazole rings is 1. The molecule has 1 N–H and O–H groups in total. The van der Waals surface area contributed by atoms with Crippen molar-refractivity contribution >= 4 is 5.82 Å². The number of nitrogens with one attached hydrogen (secondary N) is 1. The standard InChI is InChI=1S/C15H12N6/c16-8-13-1-2-14(20-10-13)19-9-12-3-4-18-15(7-12)21-6-5-17-11-21/h1-7,10-11H,9H2,(H,19,20). The first-order chi connectivity index (χ1) is 10.3. The Labute approximate surface area is 121 Å². The van der Waals surface area contributed by atoms with Gasteiger partial charge in [-0.2, -0.15) is 5.26 Å². The molecule has 6 nitrogen and oxygen atoms in total. The Bertz CT molecular complexity index is 756. The van der Waals surface area contributed by atoms with Gasteiger partial charge in [0.25, 0.3) is 0 Å². The van der Waals surface area contributed by atoms with Gasteiger partial charge in [0.1, 0.15) is 24.0 Å². The van der Waals surface area contributed by atoms with E-state index in [0.29, 0.717) is 12.1 Å². The molecule has 0 spiro atoms. The number of hydrogen-bond acceptors (Lipinski definition) is 5. The first-order valence-electron chi connectivity index (χ1n) is 6.38. The van der Waals surface area contributed by atoms with Gasteiger partial charge in [-0.1, -0.05) is 0 Å². The van der Waals surface area contributed by atoms with Crippen molar-refractivity contribution in [2.24, 2.45) is 0 Å². The molecular weight excluding hydrogens is 264 g/mol. The smallest absolute Gasteiger partial charge is 0.138 e. The Hall–Kier alpha value is -3.20. The van der Waals surface area contributed by atoms with E-state index in [9.17, 15) is 0 Å². The van der Waals surface area contributed by atoms with Gasteiger partial charge in [0.2, 0.25) is 0 Å². The largest absolute Gasteiger partial charge is 0.366 e. The highest BCUT2D eigenvalue weighted by Crippen LogP contribution is 2.10. The van der Waals surface area contributed by atoms with Crippen LogP contribution in [0, 0.1) is 11.3 Å². The van der Waals surface area contributed by atoms with E-state index in [1.54, 1.807) is 37.1 Å². The summed E-state index contributed by atoms with van der Waals surface area (Å²) in [5.74, 6) is 1.55. The van der Waals surface area contributed by atoms with Gasteiger partial charge in [0.05, 0.1) is 5.56 Å². The van der Waals surface area contributed by atoms with Crippen molar-refractivity contribution in [3.63, 3.8) is 0 Å². The third-order valence-electron chi connectivity index (χ3n) is 2.95. The zero-order valence-corrected chi connectivity index (χ0v) is 11.1. The van der Waals surface area contributed by atoms with E-state index in [0.717, 1.165) is 17.2 Å². The van der Waals surface area contributed by atoms with E-state index in [1.807, 2.05) is 29.0 Å². The molecule has 3 aromatic heterocycles. The molecule has 3 rings (SSSR count). The maximum Gasteiger partial charge on any atom is 0.138 e. The molecule has 3 heterocycles. The minimum atomic E-state index is 0.548. The van der Waals surface area contributed by atoms with Crippen LogP contribution in [0.15, 0.2) is 55.4 Å². The van der Waals surface area contributed by atoms with Crippen LogP contribution in [0.1, 0.15) is 11.1 Å². The van der Waals surface area contributed by atoms with Crippen LogP contribution in [0.3, 0.4) is 0 Å². The van der Waals surface area contributed by atoms with Crippen molar-refractivity contribution < 1.29 is 0 Å².